The van der Waals surface area contributed by atoms with E-state index in [1.807, 2.05) is 6.07 Å². The van der Waals surface area contributed by atoms with Gasteiger partial charge in [0.25, 0.3) is 5.56 Å². The Hall–Kier alpha value is -3.37. The second-order valence-electron chi connectivity index (χ2n) is 6.79. The molecule has 8 nitrogen and oxygen atoms in total. The number of aryl methyl sites for hydroxylation is 1. The van der Waals surface area contributed by atoms with Crippen molar-refractivity contribution in [2.24, 2.45) is 5.10 Å². The van der Waals surface area contributed by atoms with Crippen molar-refractivity contribution in [1.82, 2.24) is 24.4 Å². The van der Waals surface area contributed by atoms with Gasteiger partial charge in [0, 0.05) is 11.3 Å². The van der Waals surface area contributed by atoms with E-state index < -0.39 is 6.10 Å². The van der Waals surface area contributed by atoms with Gasteiger partial charge in [-0.05, 0) is 25.1 Å². The first-order valence-corrected chi connectivity index (χ1v) is 10.5. The molecule has 0 radical (unpaired) electrons. The third-order valence-electron chi connectivity index (χ3n) is 4.53. The van der Waals surface area contributed by atoms with Crippen molar-refractivity contribution in [3.63, 3.8) is 0 Å². The SMILES string of the molecule is Cc1nnc(SCC(O)Cn2cnc3ccccc3c2=O)n1N=Cc1ccccc1F. The first-order valence-electron chi connectivity index (χ1n) is 9.49. The molecule has 1 unspecified atom stereocenters. The Kier molecular flexibility index (Phi) is 6.19. The van der Waals surface area contributed by atoms with Crippen LogP contribution in [-0.4, -0.2) is 47.6 Å². The van der Waals surface area contributed by atoms with Crippen molar-refractivity contribution in [2.75, 3.05) is 5.75 Å². The number of benzene rings is 2. The van der Waals surface area contributed by atoms with Crippen LogP contribution in [0.4, 0.5) is 4.39 Å². The minimum Gasteiger partial charge on any atom is -0.390 e. The molecule has 0 aliphatic carbocycles. The van der Waals surface area contributed by atoms with E-state index in [9.17, 15) is 14.3 Å². The van der Waals surface area contributed by atoms with Gasteiger partial charge in [0.05, 0.1) is 36.1 Å². The van der Waals surface area contributed by atoms with Gasteiger partial charge in [-0.1, -0.05) is 42.1 Å². The molecule has 0 spiro atoms. The average molecular weight is 438 g/mol. The van der Waals surface area contributed by atoms with Gasteiger partial charge in [-0.15, -0.1) is 10.2 Å². The van der Waals surface area contributed by atoms with Crippen LogP contribution >= 0.6 is 11.8 Å². The van der Waals surface area contributed by atoms with E-state index in [1.165, 1.54) is 39.6 Å². The first kappa shape index (κ1) is 20.9. The molecule has 0 aliphatic heterocycles. The van der Waals surface area contributed by atoms with Crippen LogP contribution in [0.1, 0.15) is 11.4 Å². The monoisotopic (exact) mass is 438 g/mol. The Morgan fingerprint density at radius 1 is 1.19 bits per heavy atom. The summed E-state index contributed by atoms with van der Waals surface area (Å²) in [5.41, 5.74) is 0.752. The molecular formula is C21H19FN6O2S. The van der Waals surface area contributed by atoms with Gasteiger partial charge in [0.2, 0.25) is 5.16 Å². The zero-order chi connectivity index (χ0) is 21.8. The fourth-order valence-electron chi connectivity index (χ4n) is 2.95. The lowest BCUT2D eigenvalue weighted by Crippen LogP contribution is -2.28. The topological polar surface area (TPSA) is 98.2 Å². The summed E-state index contributed by atoms with van der Waals surface area (Å²) in [4.78, 5) is 16.8. The number of aliphatic hydroxyl groups excluding tert-OH is 1. The maximum absolute atomic E-state index is 13.8. The summed E-state index contributed by atoms with van der Waals surface area (Å²) < 4.78 is 16.7. The smallest absolute Gasteiger partial charge is 0.261 e. The van der Waals surface area contributed by atoms with Crippen LogP contribution in [0.3, 0.4) is 0 Å². The molecule has 2 aromatic carbocycles. The van der Waals surface area contributed by atoms with Gasteiger partial charge in [0.15, 0.2) is 5.82 Å². The van der Waals surface area contributed by atoms with E-state index in [0.29, 0.717) is 27.4 Å². The van der Waals surface area contributed by atoms with Crippen LogP contribution in [0.25, 0.3) is 10.9 Å². The minimum atomic E-state index is -0.827. The molecule has 158 valence electrons. The number of nitrogens with zero attached hydrogens (tertiary/aromatic N) is 6. The molecular weight excluding hydrogens is 419 g/mol. The fraction of sp³-hybridized carbons (Fsp3) is 0.190. The molecule has 0 amide bonds. The molecule has 31 heavy (non-hydrogen) atoms. The highest BCUT2D eigenvalue weighted by atomic mass is 32.2. The number of hydrogen-bond acceptors (Lipinski definition) is 7. The lowest BCUT2D eigenvalue weighted by atomic mass is 10.2. The van der Waals surface area contributed by atoms with Crippen molar-refractivity contribution in [2.45, 2.75) is 24.7 Å². The maximum Gasteiger partial charge on any atom is 0.261 e. The van der Waals surface area contributed by atoms with Crippen molar-refractivity contribution in [3.8, 4) is 0 Å². The van der Waals surface area contributed by atoms with Crippen molar-refractivity contribution >= 4 is 28.9 Å². The zero-order valence-corrected chi connectivity index (χ0v) is 17.4. The van der Waals surface area contributed by atoms with Crippen LogP contribution in [0.15, 0.2) is 69.9 Å². The number of aromatic nitrogens is 5. The zero-order valence-electron chi connectivity index (χ0n) is 16.6. The number of fused-ring (bicyclic) bond motifs is 1. The van der Waals surface area contributed by atoms with Crippen LogP contribution in [0, 0.1) is 12.7 Å². The molecule has 0 bridgehead atoms. The van der Waals surface area contributed by atoms with Crippen molar-refractivity contribution in [1.29, 1.82) is 0 Å². The summed E-state index contributed by atoms with van der Waals surface area (Å²) in [5.74, 6) is 0.405. The molecule has 0 saturated carbocycles. The molecule has 0 aliphatic rings. The molecule has 10 heteroatoms. The standard InChI is InChI=1S/C21H19FN6O2S/c1-14-25-26-21(28(14)24-10-15-6-2-4-8-18(15)22)31-12-16(29)11-27-13-23-19-9-5-3-7-17(19)20(27)30/h2-10,13,16,29H,11-12H2,1H3. The van der Waals surface area contributed by atoms with Gasteiger partial charge in [0.1, 0.15) is 5.82 Å². The van der Waals surface area contributed by atoms with Crippen molar-refractivity contribution in [3.05, 3.63) is 82.4 Å². The first-order chi connectivity index (χ1) is 15.0. The highest BCUT2D eigenvalue weighted by Gasteiger charge is 2.14. The van der Waals surface area contributed by atoms with Crippen molar-refractivity contribution < 1.29 is 9.50 Å². The van der Waals surface area contributed by atoms with E-state index in [4.69, 9.17) is 0 Å². The van der Waals surface area contributed by atoms with Crippen LogP contribution in [-0.2, 0) is 6.54 Å². The predicted molar refractivity (Wildman–Crippen MR) is 117 cm³/mol. The number of halogens is 1. The van der Waals surface area contributed by atoms with E-state index >= 15 is 0 Å². The Morgan fingerprint density at radius 2 is 1.97 bits per heavy atom. The number of aliphatic hydroxyl groups is 1. The van der Waals surface area contributed by atoms with Crippen LogP contribution in [0.2, 0.25) is 0 Å². The summed E-state index contributed by atoms with van der Waals surface area (Å²) in [6.07, 6.45) is 2.00. The lowest BCUT2D eigenvalue weighted by Gasteiger charge is -2.12. The highest BCUT2D eigenvalue weighted by molar-refractivity contribution is 7.99. The van der Waals surface area contributed by atoms with E-state index in [1.54, 1.807) is 43.3 Å². The van der Waals surface area contributed by atoms with Gasteiger partial charge in [-0.3, -0.25) is 9.36 Å². The highest BCUT2D eigenvalue weighted by Crippen LogP contribution is 2.18. The van der Waals surface area contributed by atoms with E-state index in [0.717, 1.165) is 0 Å². The molecule has 1 N–H and O–H groups in total. The van der Waals surface area contributed by atoms with Gasteiger partial charge < -0.3 is 5.11 Å². The Balaban J connectivity index is 1.45. The fourth-order valence-corrected chi connectivity index (χ4v) is 3.79. The third kappa shape index (κ3) is 4.70. The molecule has 2 aromatic heterocycles. The molecule has 1 atom stereocenters. The predicted octanol–water partition coefficient (Wildman–Crippen LogP) is 2.47. The second kappa shape index (κ2) is 9.19. The number of rotatable bonds is 7. The quantitative estimate of drug-likeness (QED) is 0.352. The molecule has 4 rings (SSSR count). The van der Waals surface area contributed by atoms with Gasteiger partial charge in [-0.25, -0.2) is 9.37 Å². The number of hydrogen-bond donors (Lipinski definition) is 1. The summed E-state index contributed by atoms with van der Waals surface area (Å²) in [6, 6.07) is 13.4. The largest absolute Gasteiger partial charge is 0.390 e. The Labute approximate surface area is 181 Å². The minimum absolute atomic E-state index is 0.0925. The summed E-state index contributed by atoms with van der Waals surface area (Å²) in [6.45, 7) is 1.82. The normalized spacial score (nSPS) is 12.6. The maximum atomic E-state index is 13.8. The Morgan fingerprint density at radius 3 is 2.81 bits per heavy atom. The van der Waals surface area contributed by atoms with E-state index in [-0.39, 0.29) is 23.7 Å². The molecule has 2 heterocycles. The Bertz CT molecular complexity index is 1300. The molecule has 4 aromatic rings. The second-order valence-corrected chi connectivity index (χ2v) is 7.78. The number of thioether (sulfide) groups is 1. The summed E-state index contributed by atoms with van der Waals surface area (Å²) in [5, 5.41) is 23.7. The van der Waals surface area contributed by atoms with Crippen LogP contribution in [0.5, 0.6) is 0 Å². The summed E-state index contributed by atoms with van der Waals surface area (Å²) >= 11 is 1.24. The molecule has 0 fully saturated rings. The third-order valence-corrected chi connectivity index (χ3v) is 5.59. The lowest BCUT2D eigenvalue weighted by molar-refractivity contribution is 0.176. The van der Waals surface area contributed by atoms with Gasteiger partial charge >= 0.3 is 0 Å². The molecule has 0 saturated heterocycles. The van der Waals surface area contributed by atoms with Gasteiger partial charge in [-0.2, -0.15) is 9.78 Å². The average Bonchev–Trinajstić information content (AvgIpc) is 3.13. The number of para-hydroxylation sites is 1. The van der Waals surface area contributed by atoms with Crippen LogP contribution < -0.4 is 5.56 Å². The van der Waals surface area contributed by atoms with E-state index in [2.05, 4.69) is 20.3 Å². The summed E-state index contributed by atoms with van der Waals surface area (Å²) in [7, 11) is 0.